The van der Waals surface area contributed by atoms with Gasteiger partial charge in [-0.15, -0.1) is 0 Å². The third-order valence-electron chi connectivity index (χ3n) is 8.09. The summed E-state index contributed by atoms with van der Waals surface area (Å²) in [5, 5.41) is 17.5. The van der Waals surface area contributed by atoms with E-state index in [9.17, 15) is 14.4 Å². The van der Waals surface area contributed by atoms with Gasteiger partial charge in [0.05, 0.1) is 36.8 Å². The molecule has 0 atom stereocenters. The Balaban J connectivity index is 1.14. The minimum Gasteiger partial charge on any atom is -0.457 e. The lowest BCUT2D eigenvalue weighted by molar-refractivity contribution is -0.134. The van der Waals surface area contributed by atoms with Gasteiger partial charge in [-0.2, -0.15) is 5.10 Å². The van der Waals surface area contributed by atoms with Crippen LogP contribution in [0.1, 0.15) is 32.0 Å². The number of aromatic nitrogens is 3. The predicted octanol–water partition coefficient (Wildman–Crippen LogP) is 6.44. The summed E-state index contributed by atoms with van der Waals surface area (Å²) < 4.78 is 13.2. The number of fused-ring (bicyclic) bond motifs is 1. The molecule has 1 saturated heterocycles. The number of ether oxygens (including phenoxy) is 2. The minimum absolute atomic E-state index is 0.138. The van der Waals surface area contributed by atoms with Gasteiger partial charge in [-0.1, -0.05) is 62.7 Å². The van der Waals surface area contributed by atoms with Crippen molar-refractivity contribution in [3.05, 3.63) is 96.3 Å². The molecule has 0 aliphatic carbocycles. The molecule has 13 heteroatoms. The van der Waals surface area contributed by atoms with Crippen molar-refractivity contribution in [3.8, 4) is 17.2 Å². The quantitative estimate of drug-likeness (QED) is 0.148. The number of hydrogen-bond acceptors (Lipinski definition) is 7. The highest BCUT2D eigenvalue weighted by Gasteiger charge is 2.22. The van der Waals surface area contributed by atoms with E-state index in [1.54, 1.807) is 33.8 Å². The summed E-state index contributed by atoms with van der Waals surface area (Å²) >= 11 is 0. The summed E-state index contributed by atoms with van der Waals surface area (Å²) in [5.74, 6) is 1.58. The smallest absolute Gasteiger partial charge is 0.324 e. The number of amides is 5. The number of urea groups is 2. The fraction of sp³-hybridized carbons (Fsp3) is 0.270. The van der Waals surface area contributed by atoms with Gasteiger partial charge in [0.15, 0.2) is 0 Å². The molecule has 1 aliphatic heterocycles. The number of morpholine rings is 1. The van der Waals surface area contributed by atoms with Crippen LogP contribution >= 0.6 is 0 Å². The van der Waals surface area contributed by atoms with Gasteiger partial charge in [0, 0.05) is 47.6 Å². The summed E-state index contributed by atoms with van der Waals surface area (Å²) in [7, 11) is 0. The molecule has 0 bridgehead atoms. The average Bonchev–Trinajstić information content (AvgIpc) is 3.53. The molecule has 50 heavy (non-hydrogen) atoms. The molecule has 5 amide bonds. The van der Waals surface area contributed by atoms with Gasteiger partial charge in [0.1, 0.15) is 23.1 Å². The fourth-order valence-electron chi connectivity index (χ4n) is 5.37. The number of carbonyl (C=O) groups excluding carboxylic acids is 3. The molecule has 0 radical (unpaired) electrons. The molecule has 3 aromatic carbocycles. The summed E-state index contributed by atoms with van der Waals surface area (Å²) in [4.78, 5) is 44.1. The lowest BCUT2D eigenvalue weighted by Crippen LogP contribution is -2.46. The number of hydrogen-bond donors (Lipinski definition) is 4. The molecule has 6 rings (SSSR count). The summed E-state index contributed by atoms with van der Waals surface area (Å²) in [6, 6.07) is 23.2. The van der Waals surface area contributed by atoms with Crippen molar-refractivity contribution in [2.75, 3.05) is 48.8 Å². The van der Waals surface area contributed by atoms with Crippen LogP contribution in [0.3, 0.4) is 0 Å². The molecular weight excluding hydrogens is 636 g/mol. The van der Waals surface area contributed by atoms with E-state index in [2.05, 4.69) is 47.0 Å². The molecule has 13 nitrogen and oxygen atoms in total. The number of nitrogens with zero attached hydrogens (tertiary/aromatic N) is 4. The standard InChI is InChI=1S/C37H40N8O5/c1-24-9-11-25(12-10-24)45-33(22-31(43-45)37(2,3)4)42-36(48)40-29-13-14-30(28-8-6-5-7-27(28)29)50-26-15-16-38-32(21-26)41-35(47)39-23-34(46)44-17-19-49-20-18-44/h5-16,21-22H,17-20,23H2,1-4H3,(H2,40,42,48)(H2,38,39,41,47). The number of carbonyl (C=O) groups is 3. The first-order valence-electron chi connectivity index (χ1n) is 16.3. The molecule has 1 aliphatic rings. The van der Waals surface area contributed by atoms with Crippen molar-refractivity contribution in [1.29, 1.82) is 0 Å². The van der Waals surface area contributed by atoms with Crippen LogP contribution in [0.2, 0.25) is 0 Å². The maximum atomic E-state index is 13.4. The van der Waals surface area contributed by atoms with Crippen molar-refractivity contribution in [2.45, 2.75) is 33.1 Å². The minimum atomic E-state index is -0.563. The number of benzene rings is 3. The zero-order chi connectivity index (χ0) is 35.3. The molecule has 0 unspecified atom stereocenters. The van der Waals surface area contributed by atoms with Gasteiger partial charge in [-0.05, 0) is 37.3 Å². The Hall–Kier alpha value is -5.95. The molecule has 258 valence electrons. The van der Waals surface area contributed by atoms with Crippen LogP contribution in [0.25, 0.3) is 16.5 Å². The maximum Gasteiger partial charge on any atom is 0.324 e. The van der Waals surface area contributed by atoms with Gasteiger partial charge in [-0.3, -0.25) is 15.4 Å². The molecule has 0 spiro atoms. The predicted molar refractivity (Wildman–Crippen MR) is 192 cm³/mol. The number of rotatable bonds is 8. The van der Waals surface area contributed by atoms with Gasteiger partial charge in [0.25, 0.3) is 0 Å². The molecule has 3 heterocycles. The number of nitrogens with one attached hydrogen (secondary N) is 4. The van der Waals surface area contributed by atoms with Crippen molar-refractivity contribution < 1.29 is 23.9 Å². The van der Waals surface area contributed by atoms with E-state index in [1.807, 2.05) is 61.5 Å². The molecule has 4 N–H and O–H groups in total. The Labute approximate surface area is 290 Å². The lowest BCUT2D eigenvalue weighted by Gasteiger charge is -2.26. The van der Waals surface area contributed by atoms with Crippen molar-refractivity contribution in [3.63, 3.8) is 0 Å². The number of pyridine rings is 1. The van der Waals surface area contributed by atoms with Crippen LogP contribution in [0.5, 0.6) is 11.5 Å². The van der Waals surface area contributed by atoms with Crippen LogP contribution in [0.15, 0.2) is 85.1 Å². The lowest BCUT2D eigenvalue weighted by atomic mass is 9.92. The SMILES string of the molecule is Cc1ccc(-n2nc(C(C)(C)C)cc2NC(=O)Nc2ccc(Oc3ccnc(NC(=O)NCC(=O)N4CCOCC4)c3)c3ccccc23)cc1. The highest BCUT2D eigenvalue weighted by Crippen LogP contribution is 2.35. The Morgan fingerprint density at radius 3 is 2.34 bits per heavy atom. The largest absolute Gasteiger partial charge is 0.457 e. The van der Waals surface area contributed by atoms with Crippen LogP contribution in [0.4, 0.5) is 26.9 Å². The van der Waals surface area contributed by atoms with Gasteiger partial charge >= 0.3 is 12.1 Å². The zero-order valence-corrected chi connectivity index (χ0v) is 28.4. The summed E-state index contributed by atoms with van der Waals surface area (Å²) in [5.41, 5.74) is 3.16. The first-order chi connectivity index (χ1) is 24.0. The summed E-state index contributed by atoms with van der Waals surface area (Å²) in [6.07, 6.45) is 1.51. The highest BCUT2D eigenvalue weighted by atomic mass is 16.5. The van der Waals surface area contributed by atoms with Gasteiger partial charge in [0.2, 0.25) is 5.91 Å². The van der Waals surface area contributed by atoms with Gasteiger partial charge in [-0.25, -0.2) is 19.3 Å². The molecular formula is C37H40N8O5. The van der Waals surface area contributed by atoms with E-state index in [-0.39, 0.29) is 23.7 Å². The fourth-order valence-corrected chi connectivity index (χ4v) is 5.37. The Morgan fingerprint density at radius 2 is 1.60 bits per heavy atom. The number of anilines is 3. The second-order valence-corrected chi connectivity index (χ2v) is 12.9. The number of aryl methyl sites for hydroxylation is 1. The van der Waals surface area contributed by atoms with Crippen molar-refractivity contribution in [2.24, 2.45) is 0 Å². The normalized spacial score (nSPS) is 13.1. The van der Waals surface area contributed by atoms with E-state index in [0.717, 1.165) is 27.7 Å². The van der Waals surface area contributed by atoms with E-state index in [4.69, 9.17) is 14.6 Å². The monoisotopic (exact) mass is 676 g/mol. The van der Waals surface area contributed by atoms with E-state index >= 15 is 0 Å². The molecule has 2 aromatic heterocycles. The first-order valence-corrected chi connectivity index (χ1v) is 16.3. The van der Waals surface area contributed by atoms with Crippen LogP contribution in [-0.4, -0.2) is 70.5 Å². The van der Waals surface area contributed by atoms with Crippen molar-refractivity contribution in [1.82, 2.24) is 25.0 Å². The van der Waals surface area contributed by atoms with E-state index in [0.29, 0.717) is 49.3 Å². The first kappa shape index (κ1) is 33.9. The second kappa shape index (κ2) is 14.7. The molecule has 0 saturated carbocycles. The third kappa shape index (κ3) is 8.18. The topological polar surface area (TPSA) is 152 Å². The molecule has 5 aromatic rings. The average molecular weight is 677 g/mol. The highest BCUT2D eigenvalue weighted by molar-refractivity contribution is 6.07. The second-order valence-electron chi connectivity index (χ2n) is 12.9. The Morgan fingerprint density at radius 1 is 0.860 bits per heavy atom. The van der Waals surface area contributed by atoms with Crippen molar-refractivity contribution >= 4 is 46.1 Å². The Kier molecular flexibility index (Phi) is 9.95. The third-order valence-corrected chi connectivity index (χ3v) is 8.09. The van der Waals surface area contributed by atoms with Crippen LogP contribution < -0.4 is 26.0 Å². The van der Waals surface area contributed by atoms with Crippen LogP contribution in [0, 0.1) is 6.92 Å². The van der Waals surface area contributed by atoms with Gasteiger partial charge < -0.3 is 25.0 Å². The summed E-state index contributed by atoms with van der Waals surface area (Å²) in [6.45, 7) is 10.1. The van der Waals surface area contributed by atoms with Crippen LogP contribution in [-0.2, 0) is 14.9 Å². The Bertz CT molecular complexity index is 2010. The van der Waals surface area contributed by atoms with E-state index in [1.165, 1.54) is 6.20 Å². The maximum absolute atomic E-state index is 13.4. The zero-order valence-electron chi connectivity index (χ0n) is 28.4. The molecule has 1 fully saturated rings. The van der Waals surface area contributed by atoms with E-state index < -0.39 is 12.1 Å².